The molecule has 1 aromatic rings. The first-order valence-corrected chi connectivity index (χ1v) is 12.8. The number of hydrogen-bond donors (Lipinski definition) is 1. The predicted molar refractivity (Wildman–Crippen MR) is 118 cm³/mol. The third kappa shape index (κ3) is 4.41. The smallest absolute Gasteiger partial charge is 0.227 e. The summed E-state index contributed by atoms with van der Waals surface area (Å²) in [6.45, 7) is 1.89. The Morgan fingerprint density at radius 1 is 1.26 bits per heavy atom. The van der Waals surface area contributed by atoms with Crippen molar-refractivity contribution >= 4 is 33.0 Å². The number of piperidine rings is 1. The van der Waals surface area contributed by atoms with Crippen molar-refractivity contribution in [3.8, 4) is 6.07 Å². The standard InChI is InChI=1S/C22H28ClN3O4S/c1-30-19-13-16(12-17(19)21(27)25-22(14-24)7-8-22)31(28,29)20-6-5-15(11-18(20)23)26-9-3-2-4-10-26/h5-6,11,16-17,19H,2-4,7-10,12-13H2,1H3,(H,25,27)/t16-,17-,19-/m0/s1. The first-order chi connectivity index (χ1) is 14.8. The molecule has 31 heavy (non-hydrogen) atoms. The van der Waals surface area contributed by atoms with Crippen LogP contribution < -0.4 is 10.2 Å². The fourth-order valence-corrected chi connectivity index (χ4v) is 7.06. The van der Waals surface area contributed by atoms with Crippen molar-refractivity contribution in [2.24, 2.45) is 5.92 Å². The molecule has 1 N–H and O–H groups in total. The Bertz CT molecular complexity index is 996. The van der Waals surface area contributed by atoms with Gasteiger partial charge in [0.25, 0.3) is 0 Å². The molecule has 1 aromatic carbocycles. The van der Waals surface area contributed by atoms with E-state index in [-0.39, 0.29) is 28.7 Å². The molecule has 168 valence electrons. The van der Waals surface area contributed by atoms with Gasteiger partial charge in [-0.2, -0.15) is 5.26 Å². The lowest BCUT2D eigenvalue weighted by Gasteiger charge is -2.29. The second-order valence-corrected chi connectivity index (χ2v) is 11.5. The van der Waals surface area contributed by atoms with Gasteiger partial charge < -0.3 is 15.0 Å². The summed E-state index contributed by atoms with van der Waals surface area (Å²) in [4.78, 5) is 15.1. The number of carbonyl (C=O) groups is 1. The van der Waals surface area contributed by atoms with Crippen LogP contribution in [0.25, 0.3) is 0 Å². The van der Waals surface area contributed by atoms with Crippen molar-refractivity contribution < 1.29 is 17.9 Å². The van der Waals surface area contributed by atoms with Crippen LogP contribution in [0.3, 0.4) is 0 Å². The van der Waals surface area contributed by atoms with E-state index >= 15 is 0 Å². The second kappa shape index (κ2) is 8.61. The van der Waals surface area contributed by atoms with Gasteiger partial charge in [0.15, 0.2) is 9.84 Å². The molecule has 0 spiro atoms. The predicted octanol–water partition coefficient (Wildman–Crippen LogP) is 3.07. The van der Waals surface area contributed by atoms with Gasteiger partial charge in [-0.05, 0) is 63.1 Å². The average molecular weight is 466 g/mol. The molecule has 2 saturated carbocycles. The van der Waals surface area contributed by atoms with Crippen LogP contribution in [0, 0.1) is 17.2 Å². The minimum absolute atomic E-state index is 0.103. The number of sulfone groups is 1. The van der Waals surface area contributed by atoms with Crippen molar-refractivity contribution in [2.75, 3.05) is 25.1 Å². The van der Waals surface area contributed by atoms with Crippen LogP contribution in [0.5, 0.6) is 0 Å². The summed E-state index contributed by atoms with van der Waals surface area (Å²) >= 11 is 6.44. The Balaban J connectivity index is 1.52. The second-order valence-electron chi connectivity index (χ2n) is 8.86. The van der Waals surface area contributed by atoms with Crippen LogP contribution in [0.4, 0.5) is 5.69 Å². The van der Waals surface area contributed by atoms with Gasteiger partial charge >= 0.3 is 0 Å². The number of nitrogens with zero attached hydrogens (tertiary/aromatic N) is 2. The quantitative estimate of drug-likeness (QED) is 0.693. The van der Waals surface area contributed by atoms with Crippen molar-refractivity contribution in [3.63, 3.8) is 0 Å². The van der Waals surface area contributed by atoms with E-state index in [1.165, 1.54) is 13.5 Å². The normalized spacial score (nSPS) is 27.5. The van der Waals surface area contributed by atoms with E-state index in [2.05, 4.69) is 16.3 Å². The highest BCUT2D eigenvalue weighted by Gasteiger charge is 2.50. The Morgan fingerprint density at radius 3 is 2.55 bits per heavy atom. The van der Waals surface area contributed by atoms with Gasteiger partial charge in [-0.25, -0.2) is 8.42 Å². The lowest BCUT2D eigenvalue weighted by atomic mass is 10.0. The fraction of sp³-hybridized carbons (Fsp3) is 0.636. The number of amides is 1. The lowest BCUT2D eigenvalue weighted by molar-refractivity contribution is -0.128. The molecule has 1 aliphatic heterocycles. The number of ether oxygens (including phenoxy) is 1. The number of nitriles is 1. The van der Waals surface area contributed by atoms with E-state index in [1.807, 2.05) is 6.07 Å². The highest BCUT2D eigenvalue weighted by atomic mass is 35.5. The Morgan fingerprint density at radius 2 is 1.97 bits per heavy atom. The fourth-order valence-electron chi connectivity index (χ4n) is 4.71. The van der Waals surface area contributed by atoms with Gasteiger partial charge in [-0.3, -0.25) is 4.79 Å². The van der Waals surface area contributed by atoms with Gasteiger partial charge in [0, 0.05) is 25.9 Å². The van der Waals surface area contributed by atoms with E-state index in [9.17, 15) is 18.5 Å². The van der Waals surface area contributed by atoms with Crippen molar-refractivity contribution in [1.29, 1.82) is 5.26 Å². The first-order valence-electron chi connectivity index (χ1n) is 10.8. The number of hydrogen-bond acceptors (Lipinski definition) is 6. The van der Waals surface area contributed by atoms with E-state index in [4.69, 9.17) is 16.3 Å². The molecule has 1 heterocycles. The van der Waals surface area contributed by atoms with Crippen molar-refractivity contribution in [3.05, 3.63) is 23.2 Å². The number of benzene rings is 1. The molecule has 0 bridgehead atoms. The summed E-state index contributed by atoms with van der Waals surface area (Å²) in [7, 11) is -2.25. The number of carbonyl (C=O) groups excluding carboxylic acids is 1. The van der Waals surface area contributed by atoms with Gasteiger partial charge in [-0.1, -0.05) is 11.6 Å². The van der Waals surface area contributed by atoms with Gasteiger partial charge in [-0.15, -0.1) is 0 Å². The van der Waals surface area contributed by atoms with Crippen LogP contribution in [0.15, 0.2) is 23.1 Å². The summed E-state index contributed by atoms with van der Waals surface area (Å²) < 4.78 is 32.2. The molecule has 4 rings (SSSR count). The third-order valence-electron chi connectivity index (χ3n) is 6.81. The number of anilines is 1. The maximum Gasteiger partial charge on any atom is 0.227 e. The minimum atomic E-state index is -3.74. The van der Waals surface area contributed by atoms with E-state index in [1.54, 1.807) is 12.1 Å². The van der Waals surface area contributed by atoms with Crippen molar-refractivity contribution in [1.82, 2.24) is 5.32 Å². The SMILES string of the molecule is CO[C@H]1C[C@@H](S(=O)(=O)c2ccc(N3CCCCC3)cc2Cl)C[C@@H]1C(=O)NC1(C#N)CC1. The van der Waals surface area contributed by atoms with Crippen LogP contribution >= 0.6 is 11.6 Å². The molecule has 9 heteroatoms. The zero-order valence-electron chi connectivity index (χ0n) is 17.6. The topological polar surface area (TPSA) is 99.5 Å². The molecular weight excluding hydrogens is 438 g/mol. The Labute approximate surface area is 188 Å². The molecule has 0 unspecified atom stereocenters. The van der Waals surface area contributed by atoms with Crippen LogP contribution in [-0.2, 0) is 19.4 Å². The van der Waals surface area contributed by atoms with Crippen LogP contribution in [-0.4, -0.2) is 51.4 Å². The molecule has 3 atom stereocenters. The minimum Gasteiger partial charge on any atom is -0.381 e. The third-order valence-corrected chi connectivity index (χ3v) is 9.47. The van der Waals surface area contributed by atoms with E-state index in [0.717, 1.165) is 31.6 Å². The van der Waals surface area contributed by atoms with E-state index < -0.39 is 32.6 Å². The summed E-state index contributed by atoms with van der Waals surface area (Å²) in [5.74, 6) is -0.919. The Kier molecular flexibility index (Phi) is 6.21. The summed E-state index contributed by atoms with van der Waals surface area (Å²) in [5, 5.41) is 11.5. The van der Waals surface area contributed by atoms with Crippen LogP contribution in [0.2, 0.25) is 5.02 Å². The van der Waals surface area contributed by atoms with Gasteiger partial charge in [0.2, 0.25) is 5.91 Å². The molecule has 2 aliphatic carbocycles. The number of rotatable bonds is 6. The average Bonchev–Trinajstić information content (AvgIpc) is 3.39. The molecule has 3 fully saturated rings. The number of methoxy groups -OCH3 is 1. The zero-order chi connectivity index (χ0) is 22.2. The molecule has 1 saturated heterocycles. The first kappa shape index (κ1) is 22.4. The van der Waals surface area contributed by atoms with Crippen molar-refractivity contribution in [2.45, 2.75) is 66.7 Å². The highest BCUT2D eigenvalue weighted by molar-refractivity contribution is 7.92. The zero-order valence-corrected chi connectivity index (χ0v) is 19.2. The maximum absolute atomic E-state index is 13.4. The molecule has 0 aromatic heterocycles. The molecule has 0 radical (unpaired) electrons. The van der Waals surface area contributed by atoms with Gasteiger partial charge in [0.05, 0.1) is 33.3 Å². The lowest BCUT2D eigenvalue weighted by Crippen LogP contribution is -2.42. The molecule has 7 nitrogen and oxygen atoms in total. The van der Waals surface area contributed by atoms with Crippen LogP contribution in [0.1, 0.15) is 44.9 Å². The monoisotopic (exact) mass is 465 g/mol. The van der Waals surface area contributed by atoms with Gasteiger partial charge in [0.1, 0.15) is 5.54 Å². The van der Waals surface area contributed by atoms with E-state index in [0.29, 0.717) is 12.8 Å². The molecule has 3 aliphatic rings. The number of halogens is 1. The molecule has 1 amide bonds. The highest BCUT2D eigenvalue weighted by Crippen LogP contribution is 2.40. The summed E-state index contributed by atoms with van der Waals surface area (Å²) in [6, 6.07) is 7.28. The summed E-state index contributed by atoms with van der Waals surface area (Å²) in [5.41, 5.74) is 0.147. The Hall–Kier alpha value is -1.82. The molecular formula is C22H28ClN3O4S. The largest absolute Gasteiger partial charge is 0.381 e. The number of nitrogens with one attached hydrogen (secondary N) is 1. The summed E-state index contributed by atoms with van der Waals surface area (Å²) in [6.07, 6.45) is 4.56. The maximum atomic E-state index is 13.4.